The number of benzene rings is 1. The number of thiophene rings is 2. The first-order chi connectivity index (χ1) is 13.5. The van der Waals surface area contributed by atoms with Crippen LogP contribution in [0.4, 0.5) is 0 Å². The molecule has 1 aromatic carbocycles. The molecule has 1 N–H and O–H groups in total. The zero-order valence-electron chi connectivity index (χ0n) is 15.1. The average molecular weight is 433 g/mol. The van der Waals surface area contributed by atoms with Crippen LogP contribution in [-0.4, -0.2) is 25.8 Å². The van der Waals surface area contributed by atoms with Gasteiger partial charge in [0.25, 0.3) is 5.91 Å². The van der Waals surface area contributed by atoms with E-state index in [4.69, 9.17) is 0 Å². The molecule has 0 bridgehead atoms. The topological polar surface area (TPSA) is 66.5 Å². The van der Waals surface area contributed by atoms with Crippen molar-refractivity contribution < 1.29 is 13.2 Å². The minimum Gasteiger partial charge on any atom is -0.332 e. The molecule has 1 unspecified atom stereocenters. The van der Waals surface area contributed by atoms with Gasteiger partial charge in [-0.15, -0.1) is 11.3 Å². The van der Waals surface area contributed by atoms with Crippen LogP contribution in [0.25, 0.3) is 0 Å². The first kappa shape index (κ1) is 19.3. The summed E-state index contributed by atoms with van der Waals surface area (Å²) in [7, 11) is -3.61. The second-order valence-electron chi connectivity index (χ2n) is 6.64. The lowest BCUT2D eigenvalue weighted by Gasteiger charge is -2.24. The summed E-state index contributed by atoms with van der Waals surface area (Å²) in [6.45, 7) is 0.985. The monoisotopic (exact) mass is 432 g/mol. The van der Waals surface area contributed by atoms with Gasteiger partial charge >= 0.3 is 0 Å². The number of amides is 1. The Hall–Kier alpha value is -2.00. The molecule has 146 valence electrons. The predicted molar refractivity (Wildman–Crippen MR) is 112 cm³/mol. The molecule has 1 atom stereocenters. The van der Waals surface area contributed by atoms with E-state index in [1.807, 2.05) is 27.8 Å². The Labute approximate surface area is 172 Å². The van der Waals surface area contributed by atoms with E-state index < -0.39 is 10.0 Å². The van der Waals surface area contributed by atoms with Gasteiger partial charge < -0.3 is 4.90 Å². The smallest absolute Gasteiger partial charge is 0.254 e. The average Bonchev–Trinajstić information content (AvgIpc) is 3.48. The molecule has 4 rings (SSSR count). The Morgan fingerprint density at radius 3 is 2.64 bits per heavy atom. The molecule has 0 radical (unpaired) electrons. The number of hydrogen-bond acceptors (Lipinski definition) is 5. The largest absolute Gasteiger partial charge is 0.332 e. The molecule has 2 aromatic heterocycles. The second-order valence-corrected chi connectivity index (χ2v) is 10.2. The molecular weight excluding hydrogens is 412 g/mol. The fraction of sp³-hybridized carbons (Fsp3) is 0.250. The fourth-order valence-electron chi connectivity index (χ4n) is 3.43. The molecule has 1 amide bonds. The van der Waals surface area contributed by atoms with Gasteiger partial charge in [0.2, 0.25) is 10.0 Å². The van der Waals surface area contributed by atoms with Crippen molar-refractivity contribution in [3.8, 4) is 0 Å². The molecule has 5 nitrogen and oxygen atoms in total. The van der Waals surface area contributed by atoms with Crippen molar-refractivity contribution in [2.24, 2.45) is 0 Å². The van der Waals surface area contributed by atoms with Gasteiger partial charge in [-0.3, -0.25) is 4.79 Å². The van der Waals surface area contributed by atoms with Crippen LogP contribution in [0.2, 0.25) is 0 Å². The van der Waals surface area contributed by atoms with E-state index in [0.29, 0.717) is 5.56 Å². The zero-order valence-corrected chi connectivity index (χ0v) is 17.5. The first-order valence-electron chi connectivity index (χ1n) is 9.00. The van der Waals surface area contributed by atoms with Crippen molar-refractivity contribution >= 4 is 38.6 Å². The lowest BCUT2D eigenvalue weighted by atomic mass is 10.1. The van der Waals surface area contributed by atoms with Gasteiger partial charge in [0.1, 0.15) is 0 Å². The van der Waals surface area contributed by atoms with Gasteiger partial charge in [-0.05, 0) is 70.9 Å². The molecule has 8 heteroatoms. The Bertz CT molecular complexity index is 1030. The van der Waals surface area contributed by atoms with E-state index in [1.54, 1.807) is 23.5 Å². The second kappa shape index (κ2) is 8.16. The van der Waals surface area contributed by atoms with Gasteiger partial charge in [0.05, 0.1) is 10.9 Å². The maximum atomic E-state index is 13.0. The number of rotatable bonds is 6. The van der Waals surface area contributed by atoms with Gasteiger partial charge in [-0.25, -0.2) is 13.1 Å². The van der Waals surface area contributed by atoms with Crippen molar-refractivity contribution in [3.05, 3.63) is 74.6 Å². The number of nitrogens with one attached hydrogen (secondary N) is 1. The summed E-state index contributed by atoms with van der Waals surface area (Å²) in [5.41, 5.74) is 1.69. The Morgan fingerprint density at radius 1 is 1.14 bits per heavy atom. The standard InChI is InChI=1S/C20H20N2O3S3/c23-20(22-10-1-4-19(22)16-9-12-26-14-16)15-5-7-18(8-6-15)28(24,25)21-13-17-3-2-11-27-17/h2-3,5-9,11-12,14,19,21H,1,4,10,13H2. The van der Waals surface area contributed by atoms with Crippen molar-refractivity contribution in [3.63, 3.8) is 0 Å². The van der Waals surface area contributed by atoms with Gasteiger partial charge in [0, 0.05) is 23.5 Å². The van der Waals surface area contributed by atoms with Crippen LogP contribution >= 0.6 is 22.7 Å². The Kier molecular flexibility index (Phi) is 5.63. The predicted octanol–water partition coefficient (Wildman–Crippen LogP) is 4.27. The van der Waals surface area contributed by atoms with Crippen LogP contribution in [0.3, 0.4) is 0 Å². The van der Waals surface area contributed by atoms with Crippen LogP contribution < -0.4 is 4.72 Å². The van der Waals surface area contributed by atoms with Crippen molar-refractivity contribution in [1.82, 2.24) is 9.62 Å². The third kappa shape index (κ3) is 4.05. The summed E-state index contributed by atoms with van der Waals surface area (Å²) in [5.74, 6) is -0.0517. The van der Waals surface area contributed by atoms with E-state index in [2.05, 4.69) is 16.2 Å². The van der Waals surface area contributed by atoms with Gasteiger partial charge in [-0.1, -0.05) is 6.07 Å². The molecule has 3 aromatic rings. The Morgan fingerprint density at radius 2 is 1.96 bits per heavy atom. The van der Waals surface area contributed by atoms with Crippen molar-refractivity contribution in [2.45, 2.75) is 30.3 Å². The number of likely N-dealkylation sites (tertiary alicyclic amines) is 1. The zero-order chi connectivity index (χ0) is 19.6. The SMILES string of the molecule is O=C(c1ccc(S(=O)(=O)NCc2cccs2)cc1)N1CCCC1c1ccsc1. The summed E-state index contributed by atoms with van der Waals surface area (Å²) in [5, 5.41) is 6.02. The highest BCUT2D eigenvalue weighted by atomic mass is 32.2. The summed E-state index contributed by atoms with van der Waals surface area (Å²) in [4.78, 5) is 16.0. The van der Waals surface area contributed by atoms with Crippen LogP contribution in [0, 0.1) is 0 Å². The fourth-order valence-corrected chi connectivity index (χ4v) is 5.88. The highest BCUT2D eigenvalue weighted by molar-refractivity contribution is 7.89. The van der Waals surface area contributed by atoms with Gasteiger partial charge in [0.15, 0.2) is 0 Å². The molecule has 3 heterocycles. The van der Waals surface area contributed by atoms with E-state index in [0.717, 1.165) is 24.3 Å². The molecule has 0 spiro atoms. The van der Waals surface area contributed by atoms with Crippen LogP contribution in [0.15, 0.2) is 63.5 Å². The summed E-state index contributed by atoms with van der Waals surface area (Å²) < 4.78 is 27.5. The molecule has 1 saturated heterocycles. The maximum Gasteiger partial charge on any atom is 0.254 e. The van der Waals surface area contributed by atoms with Crippen LogP contribution in [0.1, 0.15) is 39.7 Å². The van der Waals surface area contributed by atoms with Crippen molar-refractivity contribution in [2.75, 3.05) is 6.54 Å². The van der Waals surface area contributed by atoms with Crippen LogP contribution in [0.5, 0.6) is 0 Å². The quantitative estimate of drug-likeness (QED) is 0.633. The molecule has 1 aliphatic rings. The van der Waals surface area contributed by atoms with Crippen molar-refractivity contribution in [1.29, 1.82) is 0 Å². The molecule has 28 heavy (non-hydrogen) atoms. The van der Waals surface area contributed by atoms with E-state index in [1.165, 1.54) is 29.0 Å². The lowest BCUT2D eigenvalue weighted by Crippen LogP contribution is -2.30. The number of nitrogens with zero attached hydrogens (tertiary/aromatic N) is 1. The molecule has 0 saturated carbocycles. The normalized spacial score (nSPS) is 17.1. The van der Waals surface area contributed by atoms with E-state index in [9.17, 15) is 13.2 Å². The molecule has 0 aliphatic carbocycles. The molecule has 1 aliphatic heterocycles. The first-order valence-corrected chi connectivity index (χ1v) is 12.3. The minimum atomic E-state index is -3.61. The Balaban J connectivity index is 1.47. The van der Waals surface area contributed by atoms with Gasteiger partial charge in [-0.2, -0.15) is 11.3 Å². The number of sulfonamides is 1. The summed E-state index contributed by atoms with van der Waals surface area (Å²) >= 11 is 3.14. The molecule has 1 fully saturated rings. The number of carbonyl (C=O) groups excluding carboxylic acids is 1. The van der Waals surface area contributed by atoms with E-state index in [-0.39, 0.29) is 23.4 Å². The third-order valence-electron chi connectivity index (χ3n) is 4.87. The highest BCUT2D eigenvalue weighted by Gasteiger charge is 2.30. The lowest BCUT2D eigenvalue weighted by molar-refractivity contribution is 0.0736. The number of hydrogen-bond donors (Lipinski definition) is 1. The summed E-state index contributed by atoms with van der Waals surface area (Å²) in [6.07, 6.45) is 1.94. The summed E-state index contributed by atoms with van der Waals surface area (Å²) in [6, 6.07) is 12.1. The molecular formula is C20H20N2O3S3. The maximum absolute atomic E-state index is 13.0. The third-order valence-corrected chi connectivity index (χ3v) is 7.86. The van der Waals surface area contributed by atoms with Crippen LogP contribution in [-0.2, 0) is 16.6 Å². The number of carbonyl (C=O) groups is 1. The minimum absolute atomic E-state index is 0.0517. The highest BCUT2D eigenvalue weighted by Crippen LogP contribution is 2.34. The van der Waals surface area contributed by atoms with E-state index >= 15 is 0 Å².